The van der Waals surface area contributed by atoms with Gasteiger partial charge in [-0.15, -0.1) is 0 Å². The van der Waals surface area contributed by atoms with Gasteiger partial charge in [0.2, 0.25) is 0 Å². The number of nitrogens with zero attached hydrogens (tertiary/aromatic N) is 1. The van der Waals surface area contributed by atoms with Crippen LogP contribution in [0.2, 0.25) is 0 Å². The number of amidine groups is 1. The van der Waals surface area contributed by atoms with Gasteiger partial charge in [0, 0.05) is 13.0 Å². The standard InChI is InChI=1S/C10H12F3N3O/c11-6-3-4-7(10(13)9(6)12)15-5-1-2-8(14)16-17/h3-4,15,17H,1-2,5H2,(H2,14,16). The lowest BCUT2D eigenvalue weighted by molar-refractivity contribution is 0.316. The molecule has 0 heterocycles. The van der Waals surface area contributed by atoms with Gasteiger partial charge in [-0.1, -0.05) is 5.16 Å². The van der Waals surface area contributed by atoms with Crippen molar-refractivity contribution in [2.45, 2.75) is 12.8 Å². The Balaban J connectivity index is 2.50. The van der Waals surface area contributed by atoms with Crippen LogP contribution in [0.3, 0.4) is 0 Å². The molecule has 0 saturated carbocycles. The molecule has 0 unspecified atom stereocenters. The van der Waals surface area contributed by atoms with Crippen molar-refractivity contribution in [3.05, 3.63) is 29.6 Å². The van der Waals surface area contributed by atoms with Gasteiger partial charge in [0.25, 0.3) is 0 Å². The number of hydrogen-bond donors (Lipinski definition) is 3. The average molecular weight is 247 g/mol. The van der Waals surface area contributed by atoms with E-state index in [2.05, 4.69) is 10.5 Å². The van der Waals surface area contributed by atoms with E-state index in [1.54, 1.807) is 0 Å². The van der Waals surface area contributed by atoms with E-state index < -0.39 is 17.5 Å². The van der Waals surface area contributed by atoms with Crippen molar-refractivity contribution in [3.8, 4) is 0 Å². The third kappa shape index (κ3) is 3.54. The highest BCUT2D eigenvalue weighted by Gasteiger charge is 2.12. The van der Waals surface area contributed by atoms with Crippen LogP contribution in [0.4, 0.5) is 18.9 Å². The first-order valence-electron chi connectivity index (χ1n) is 4.90. The second kappa shape index (κ2) is 5.97. The van der Waals surface area contributed by atoms with Crippen molar-refractivity contribution in [1.29, 1.82) is 0 Å². The molecular weight excluding hydrogens is 235 g/mol. The number of hydrogen-bond acceptors (Lipinski definition) is 3. The molecule has 0 aliphatic rings. The smallest absolute Gasteiger partial charge is 0.196 e. The topological polar surface area (TPSA) is 70.6 Å². The van der Waals surface area contributed by atoms with Gasteiger partial charge in [-0.3, -0.25) is 0 Å². The Morgan fingerprint density at radius 2 is 2.00 bits per heavy atom. The molecule has 0 fully saturated rings. The Bertz CT molecular complexity index is 424. The van der Waals surface area contributed by atoms with E-state index >= 15 is 0 Å². The number of oxime groups is 1. The zero-order chi connectivity index (χ0) is 12.8. The molecular formula is C10H12F3N3O. The Labute approximate surface area is 95.9 Å². The van der Waals surface area contributed by atoms with Gasteiger partial charge < -0.3 is 16.3 Å². The largest absolute Gasteiger partial charge is 0.409 e. The molecule has 0 atom stereocenters. The summed E-state index contributed by atoms with van der Waals surface area (Å²) in [4.78, 5) is 0. The second-order valence-electron chi connectivity index (χ2n) is 3.34. The Morgan fingerprint density at radius 3 is 2.65 bits per heavy atom. The molecule has 1 rings (SSSR count). The van der Waals surface area contributed by atoms with Gasteiger partial charge in [0.15, 0.2) is 17.5 Å². The summed E-state index contributed by atoms with van der Waals surface area (Å²) in [5.74, 6) is -3.94. The maximum Gasteiger partial charge on any atom is 0.196 e. The molecule has 0 aliphatic heterocycles. The molecule has 0 spiro atoms. The molecule has 0 aromatic heterocycles. The first-order valence-corrected chi connectivity index (χ1v) is 4.90. The molecule has 4 nitrogen and oxygen atoms in total. The quantitative estimate of drug-likeness (QED) is 0.186. The summed E-state index contributed by atoms with van der Waals surface area (Å²) in [5.41, 5.74) is 5.09. The number of anilines is 1. The zero-order valence-electron chi connectivity index (χ0n) is 8.88. The van der Waals surface area contributed by atoms with E-state index in [0.717, 1.165) is 12.1 Å². The molecule has 0 aliphatic carbocycles. The van der Waals surface area contributed by atoms with Gasteiger partial charge in [0.1, 0.15) is 5.84 Å². The minimum Gasteiger partial charge on any atom is -0.409 e. The number of rotatable bonds is 5. The van der Waals surface area contributed by atoms with Crippen LogP contribution in [-0.2, 0) is 0 Å². The van der Waals surface area contributed by atoms with Crippen LogP contribution < -0.4 is 11.1 Å². The number of halogens is 3. The lowest BCUT2D eigenvalue weighted by Gasteiger charge is -2.07. The zero-order valence-corrected chi connectivity index (χ0v) is 8.88. The predicted octanol–water partition coefficient (Wildman–Crippen LogP) is 2.04. The van der Waals surface area contributed by atoms with Crippen LogP contribution in [0.5, 0.6) is 0 Å². The maximum absolute atomic E-state index is 13.1. The van der Waals surface area contributed by atoms with Crippen LogP contribution in [-0.4, -0.2) is 17.6 Å². The normalized spacial score (nSPS) is 11.6. The van der Waals surface area contributed by atoms with Gasteiger partial charge >= 0.3 is 0 Å². The van der Waals surface area contributed by atoms with Crippen LogP contribution in [0, 0.1) is 17.5 Å². The van der Waals surface area contributed by atoms with E-state index in [0.29, 0.717) is 12.8 Å². The molecule has 0 saturated heterocycles. The van der Waals surface area contributed by atoms with E-state index in [1.807, 2.05) is 0 Å². The fourth-order valence-electron chi connectivity index (χ4n) is 1.20. The van der Waals surface area contributed by atoms with Crippen LogP contribution in [0.1, 0.15) is 12.8 Å². The monoisotopic (exact) mass is 247 g/mol. The summed E-state index contributed by atoms with van der Waals surface area (Å²) in [7, 11) is 0. The minimum absolute atomic E-state index is 0.0533. The van der Waals surface area contributed by atoms with E-state index in [-0.39, 0.29) is 18.1 Å². The minimum atomic E-state index is -1.51. The molecule has 0 bridgehead atoms. The number of nitrogens with one attached hydrogen (secondary N) is 1. The molecule has 1 aromatic carbocycles. The van der Waals surface area contributed by atoms with Crippen molar-refractivity contribution in [2.75, 3.05) is 11.9 Å². The summed E-state index contributed by atoms with van der Waals surface area (Å²) < 4.78 is 38.6. The average Bonchev–Trinajstić information content (AvgIpc) is 2.33. The molecule has 0 amide bonds. The molecule has 4 N–H and O–H groups in total. The Kier molecular flexibility index (Phi) is 4.62. The first-order chi connectivity index (χ1) is 8.06. The summed E-state index contributed by atoms with van der Waals surface area (Å²) in [6.45, 7) is 0.290. The molecule has 94 valence electrons. The summed E-state index contributed by atoms with van der Waals surface area (Å²) in [5, 5.41) is 13.6. The van der Waals surface area contributed by atoms with E-state index in [9.17, 15) is 13.2 Å². The molecule has 7 heteroatoms. The third-order valence-electron chi connectivity index (χ3n) is 2.09. The van der Waals surface area contributed by atoms with Crippen LogP contribution >= 0.6 is 0 Å². The summed E-state index contributed by atoms with van der Waals surface area (Å²) in [6.07, 6.45) is 0.781. The van der Waals surface area contributed by atoms with Crippen molar-refractivity contribution in [2.24, 2.45) is 10.9 Å². The van der Waals surface area contributed by atoms with Crippen LogP contribution in [0.25, 0.3) is 0 Å². The van der Waals surface area contributed by atoms with Crippen LogP contribution in [0.15, 0.2) is 17.3 Å². The molecule has 1 aromatic rings. The Morgan fingerprint density at radius 1 is 1.29 bits per heavy atom. The summed E-state index contributed by atoms with van der Waals surface area (Å²) in [6, 6.07) is 1.95. The Hall–Kier alpha value is -1.92. The molecule has 17 heavy (non-hydrogen) atoms. The maximum atomic E-state index is 13.1. The first kappa shape index (κ1) is 13.1. The fourth-order valence-corrected chi connectivity index (χ4v) is 1.20. The lowest BCUT2D eigenvalue weighted by Crippen LogP contribution is -2.14. The van der Waals surface area contributed by atoms with E-state index in [4.69, 9.17) is 10.9 Å². The number of nitrogens with two attached hydrogens (primary N) is 1. The highest BCUT2D eigenvalue weighted by molar-refractivity contribution is 5.79. The highest BCUT2D eigenvalue weighted by atomic mass is 19.2. The van der Waals surface area contributed by atoms with Gasteiger partial charge in [-0.05, 0) is 18.6 Å². The SMILES string of the molecule is NC(CCCNc1ccc(F)c(F)c1F)=NO. The second-order valence-corrected chi connectivity index (χ2v) is 3.34. The van der Waals surface area contributed by atoms with Crippen molar-refractivity contribution in [3.63, 3.8) is 0 Å². The summed E-state index contributed by atoms with van der Waals surface area (Å²) >= 11 is 0. The van der Waals surface area contributed by atoms with Crippen molar-refractivity contribution in [1.82, 2.24) is 0 Å². The predicted molar refractivity (Wildman–Crippen MR) is 57.4 cm³/mol. The fraction of sp³-hybridized carbons (Fsp3) is 0.300. The lowest BCUT2D eigenvalue weighted by atomic mass is 10.2. The van der Waals surface area contributed by atoms with Gasteiger partial charge in [-0.2, -0.15) is 0 Å². The van der Waals surface area contributed by atoms with Gasteiger partial charge in [0.05, 0.1) is 5.69 Å². The molecule has 0 radical (unpaired) electrons. The van der Waals surface area contributed by atoms with Crippen molar-refractivity contribution >= 4 is 11.5 Å². The van der Waals surface area contributed by atoms with E-state index in [1.165, 1.54) is 0 Å². The van der Waals surface area contributed by atoms with Gasteiger partial charge in [-0.25, -0.2) is 13.2 Å². The highest BCUT2D eigenvalue weighted by Crippen LogP contribution is 2.19. The van der Waals surface area contributed by atoms with Crippen molar-refractivity contribution < 1.29 is 18.4 Å². The number of benzene rings is 1. The third-order valence-corrected chi connectivity index (χ3v) is 2.09.